The molecule has 0 spiro atoms. The smallest absolute Gasteiger partial charge is 0.329 e. The average molecular weight is 188 g/mol. The molecule has 1 saturated heterocycles. The Morgan fingerprint density at radius 3 is 2.75 bits per heavy atom. The molecule has 1 aliphatic heterocycles. The van der Waals surface area contributed by atoms with Gasteiger partial charge in [-0.15, -0.1) is 0 Å². The molecule has 3 N–H and O–H groups in total. The van der Waals surface area contributed by atoms with Gasteiger partial charge in [0, 0.05) is 5.41 Å². The Morgan fingerprint density at radius 1 is 1.83 bits per heavy atom. The van der Waals surface area contributed by atoms with E-state index in [9.17, 15) is 4.79 Å². The summed E-state index contributed by atoms with van der Waals surface area (Å²) in [5.74, 6) is -0.284. The van der Waals surface area contributed by atoms with E-state index in [1.54, 1.807) is 0 Å². The molecule has 1 heterocycles. The number of carbonyl (C=O) groups excluding carboxylic acids is 1. The van der Waals surface area contributed by atoms with Crippen LogP contribution in [-0.4, -0.2) is 23.7 Å². The lowest BCUT2D eigenvalue weighted by Crippen LogP contribution is -2.48. The molecule has 1 fully saturated rings. The fraction of sp³-hybridized carbons (Fsp3) is 0.714. The Bertz CT molecular complexity index is 227. The van der Waals surface area contributed by atoms with E-state index < -0.39 is 6.04 Å². The topological polar surface area (TPSA) is 64.3 Å². The minimum atomic E-state index is -0.407. The van der Waals surface area contributed by atoms with Crippen molar-refractivity contribution in [1.29, 1.82) is 0 Å². The number of cyclic esters (lactones) is 1. The third-order valence-corrected chi connectivity index (χ3v) is 2.01. The first kappa shape index (κ1) is 9.25. The summed E-state index contributed by atoms with van der Waals surface area (Å²) in [6, 6.07) is -0.407. The van der Waals surface area contributed by atoms with Crippen LogP contribution >= 0.6 is 12.2 Å². The van der Waals surface area contributed by atoms with Gasteiger partial charge in [0.2, 0.25) is 0 Å². The van der Waals surface area contributed by atoms with Gasteiger partial charge in [0.05, 0.1) is 6.61 Å². The third kappa shape index (κ3) is 1.66. The minimum Gasteiger partial charge on any atom is -0.463 e. The molecule has 0 aromatic rings. The lowest BCUT2D eigenvalue weighted by atomic mass is 9.88. The van der Waals surface area contributed by atoms with Crippen LogP contribution < -0.4 is 11.1 Å². The summed E-state index contributed by atoms with van der Waals surface area (Å²) in [7, 11) is 0. The number of hydrogen-bond donors (Lipinski definition) is 2. The summed E-state index contributed by atoms with van der Waals surface area (Å²) in [6.45, 7) is 4.26. The van der Waals surface area contributed by atoms with Gasteiger partial charge in [0.1, 0.15) is 6.04 Å². The lowest BCUT2D eigenvalue weighted by Gasteiger charge is -2.22. The fourth-order valence-corrected chi connectivity index (χ4v) is 1.26. The maximum absolute atomic E-state index is 11.1. The molecule has 5 heteroatoms. The van der Waals surface area contributed by atoms with Crippen molar-refractivity contribution in [2.24, 2.45) is 11.1 Å². The van der Waals surface area contributed by atoms with E-state index in [-0.39, 0.29) is 16.5 Å². The van der Waals surface area contributed by atoms with Crippen LogP contribution in [0.15, 0.2) is 0 Å². The number of carbonyl (C=O) groups is 1. The Morgan fingerprint density at radius 2 is 2.42 bits per heavy atom. The highest BCUT2D eigenvalue weighted by molar-refractivity contribution is 7.80. The molecule has 0 aromatic heterocycles. The van der Waals surface area contributed by atoms with Crippen LogP contribution in [-0.2, 0) is 9.53 Å². The zero-order valence-corrected chi connectivity index (χ0v) is 7.90. The first-order valence-electron chi connectivity index (χ1n) is 3.66. The second-order valence-corrected chi connectivity index (χ2v) is 3.98. The van der Waals surface area contributed by atoms with Gasteiger partial charge in [-0.05, 0) is 12.2 Å². The van der Waals surface area contributed by atoms with Crippen molar-refractivity contribution in [3.63, 3.8) is 0 Å². The molecule has 1 aliphatic rings. The van der Waals surface area contributed by atoms with Crippen LogP contribution in [0.3, 0.4) is 0 Å². The highest BCUT2D eigenvalue weighted by Crippen LogP contribution is 2.28. The number of hydrogen-bond acceptors (Lipinski definition) is 3. The molecule has 4 nitrogen and oxygen atoms in total. The van der Waals surface area contributed by atoms with Crippen LogP contribution in [0, 0.1) is 5.41 Å². The van der Waals surface area contributed by atoms with Crippen molar-refractivity contribution >= 4 is 23.3 Å². The number of esters is 1. The van der Waals surface area contributed by atoms with Crippen LogP contribution in [0.4, 0.5) is 0 Å². The molecule has 12 heavy (non-hydrogen) atoms. The van der Waals surface area contributed by atoms with Crippen molar-refractivity contribution in [1.82, 2.24) is 5.32 Å². The first-order chi connectivity index (χ1) is 5.43. The van der Waals surface area contributed by atoms with Gasteiger partial charge in [-0.2, -0.15) is 0 Å². The predicted molar refractivity (Wildman–Crippen MR) is 48.4 cm³/mol. The van der Waals surface area contributed by atoms with E-state index in [2.05, 4.69) is 17.5 Å². The Kier molecular flexibility index (Phi) is 2.23. The quantitative estimate of drug-likeness (QED) is 0.439. The van der Waals surface area contributed by atoms with Crippen molar-refractivity contribution in [2.45, 2.75) is 19.9 Å². The van der Waals surface area contributed by atoms with Gasteiger partial charge < -0.3 is 15.8 Å². The van der Waals surface area contributed by atoms with Gasteiger partial charge in [0.25, 0.3) is 0 Å². The Labute approximate surface area is 76.4 Å². The van der Waals surface area contributed by atoms with Gasteiger partial charge >= 0.3 is 5.97 Å². The summed E-state index contributed by atoms with van der Waals surface area (Å²) in [5.41, 5.74) is 5.03. The molecule has 0 bridgehead atoms. The molecule has 0 radical (unpaired) electrons. The van der Waals surface area contributed by atoms with E-state index in [4.69, 9.17) is 10.5 Å². The van der Waals surface area contributed by atoms with Crippen molar-refractivity contribution < 1.29 is 9.53 Å². The van der Waals surface area contributed by atoms with Gasteiger partial charge in [-0.25, -0.2) is 4.79 Å². The minimum absolute atomic E-state index is 0.131. The van der Waals surface area contributed by atoms with Gasteiger partial charge in [-0.1, -0.05) is 13.8 Å². The fourth-order valence-electron chi connectivity index (χ4n) is 1.14. The van der Waals surface area contributed by atoms with Crippen LogP contribution in [0.1, 0.15) is 13.8 Å². The molecular formula is C7H12N2O2S. The number of nitrogens with two attached hydrogens (primary N) is 1. The molecule has 1 unspecified atom stereocenters. The molecule has 68 valence electrons. The Balaban J connectivity index is 2.71. The highest BCUT2D eigenvalue weighted by Gasteiger charge is 2.43. The van der Waals surface area contributed by atoms with E-state index in [0.717, 1.165) is 0 Å². The zero-order chi connectivity index (χ0) is 9.35. The van der Waals surface area contributed by atoms with Crippen molar-refractivity contribution in [2.75, 3.05) is 6.61 Å². The molecule has 0 aliphatic carbocycles. The monoisotopic (exact) mass is 188 g/mol. The number of thiocarbonyl (C=S) groups is 1. The first-order valence-corrected chi connectivity index (χ1v) is 4.07. The molecule has 0 amide bonds. The summed E-state index contributed by atoms with van der Waals surface area (Å²) < 4.78 is 4.86. The van der Waals surface area contributed by atoms with E-state index in [0.29, 0.717) is 6.61 Å². The maximum atomic E-state index is 11.1. The summed E-state index contributed by atoms with van der Waals surface area (Å²) >= 11 is 4.65. The normalized spacial score (nSPS) is 26.5. The van der Waals surface area contributed by atoms with E-state index >= 15 is 0 Å². The third-order valence-electron chi connectivity index (χ3n) is 1.89. The molecule has 0 saturated carbocycles. The largest absolute Gasteiger partial charge is 0.463 e. The van der Waals surface area contributed by atoms with Crippen molar-refractivity contribution in [3.05, 3.63) is 0 Å². The van der Waals surface area contributed by atoms with Crippen LogP contribution in [0.2, 0.25) is 0 Å². The summed E-state index contributed by atoms with van der Waals surface area (Å²) in [6.07, 6.45) is 0. The summed E-state index contributed by atoms with van der Waals surface area (Å²) in [5, 5.41) is 2.85. The van der Waals surface area contributed by atoms with E-state index in [1.807, 2.05) is 13.8 Å². The second kappa shape index (κ2) is 2.90. The van der Waals surface area contributed by atoms with Crippen LogP contribution in [0.25, 0.3) is 0 Å². The molecule has 0 aromatic carbocycles. The molecular weight excluding hydrogens is 176 g/mol. The van der Waals surface area contributed by atoms with E-state index in [1.165, 1.54) is 0 Å². The zero-order valence-electron chi connectivity index (χ0n) is 7.09. The van der Waals surface area contributed by atoms with Crippen LogP contribution in [0.5, 0.6) is 0 Å². The number of ether oxygens (including phenoxy) is 1. The maximum Gasteiger partial charge on any atom is 0.329 e. The van der Waals surface area contributed by atoms with Crippen molar-refractivity contribution in [3.8, 4) is 0 Å². The predicted octanol–water partition coefficient (Wildman–Crippen LogP) is -0.229. The van der Waals surface area contributed by atoms with Gasteiger partial charge in [0.15, 0.2) is 5.11 Å². The lowest BCUT2D eigenvalue weighted by molar-refractivity contribution is -0.139. The highest BCUT2D eigenvalue weighted by atomic mass is 32.1. The number of nitrogens with one attached hydrogen (secondary N) is 1. The summed E-state index contributed by atoms with van der Waals surface area (Å²) in [4.78, 5) is 11.1. The Hall–Kier alpha value is -0.840. The number of rotatable bonds is 1. The molecule has 1 atom stereocenters. The standard InChI is InChI=1S/C7H12N2O2S/c1-7(2)3-11-5(10)4(7)9-6(8)12/h4H,3H2,1-2H3,(H3,8,9,12). The average Bonchev–Trinajstić information content (AvgIpc) is 2.15. The van der Waals surface area contributed by atoms with Gasteiger partial charge in [-0.3, -0.25) is 0 Å². The molecule has 1 rings (SSSR count). The SMILES string of the molecule is CC1(C)COC(=O)C1NC(N)=S. The second-order valence-electron chi connectivity index (χ2n) is 3.54.